The summed E-state index contributed by atoms with van der Waals surface area (Å²) < 4.78 is 1.07. The second kappa shape index (κ2) is 4.46. The molecule has 0 radical (unpaired) electrons. The molecular formula is C11H13Br. The molecule has 0 aliphatic heterocycles. The van der Waals surface area contributed by atoms with E-state index < -0.39 is 0 Å². The molecule has 1 heteroatoms. The number of rotatable bonds is 3. The molecule has 0 fully saturated rings. The maximum absolute atomic E-state index is 3.82. The highest BCUT2D eigenvalue weighted by Gasteiger charge is 1.96. The van der Waals surface area contributed by atoms with E-state index in [1.807, 2.05) is 0 Å². The SMILES string of the molecule is C=C(Br)CCc1ccccc1C. The van der Waals surface area contributed by atoms with Crippen LogP contribution in [-0.2, 0) is 6.42 Å². The summed E-state index contributed by atoms with van der Waals surface area (Å²) in [5, 5.41) is 0. The first-order valence-electron chi connectivity index (χ1n) is 4.08. The number of halogens is 1. The van der Waals surface area contributed by atoms with E-state index in [2.05, 4.69) is 53.7 Å². The van der Waals surface area contributed by atoms with Gasteiger partial charge in [0.2, 0.25) is 0 Å². The third kappa shape index (κ3) is 2.82. The second-order valence-electron chi connectivity index (χ2n) is 2.94. The van der Waals surface area contributed by atoms with Crippen LogP contribution in [0.25, 0.3) is 0 Å². The largest absolute Gasteiger partial charge is 0.0888 e. The lowest BCUT2D eigenvalue weighted by atomic mass is 10.0. The van der Waals surface area contributed by atoms with Gasteiger partial charge in [0.05, 0.1) is 0 Å². The van der Waals surface area contributed by atoms with Crippen molar-refractivity contribution in [2.75, 3.05) is 0 Å². The summed E-state index contributed by atoms with van der Waals surface area (Å²) in [6, 6.07) is 8.47. The Hall–Kier alpha value is -0.560. The first-order valence-corrected chi connectivity index (χ1v) is 4.87. The zero-order valence-electron chi connectivity index (χ0n) is 7.31. The smallest absolute Gasteiger partial charge is 0.0118 e. The van der Waals surface area contributed by atoms with Crippen molar-refractivity contribution in [1.82, 2.24) is 0 Å². The molecule has 0 heterocycles. The maximum Gasteiger partial charge on any atom is -0.0118 e. The molecule has 0 unspecified atom stereocenters. The summed E-state index contributed by atoms with van der Waals surface area (Å²) in [5.41, 5.74) is 2.78. The Morgan fingerprint density at radius 3 is 2.67 bits per heavy atom. The van der Waals surface area contributed by atoms with Gasteiger partial charge in [0.25, 0.3) is 0 Å². The Labute approximate surface area is 82.4 Å². The van der Waals surface area contributed by atoms with Gasteiger partial charge in [-0.05, 0) is 35.4 Å². The van der Waals surface area contributed by atoms with Crippen LogP contribution in [0.5, 0.6) is 0 Å². The van der Waals surface area contributed by atoms with E-state index in [0.717, 1.165) is 17.3 Å². The highest BCUT2D eigenvalue weighted by atomic mass is 79.9. The van der Waals surface area contributed by atoms with Crippen molar-refractivity contribution in [3.8, 4) is 0 Å². The topological polar surface area (TPSA) is 0 Å². The third-order valence-electron chi connectivity index (χ3n) is 1.93. The molecule has 12 heavy (non-hydrogen) atoms. The first-order chi connectivity index (χ1) is 5.70. The van der Waals surface area contributed by atoms with Crippen LogP contribution in [0, 0.1) is 6.92 Å². The van der Waals surface area contributed by atoms with Crippen molar-refractivity contribution >= 4 is 15.9 Å². The molecule has 0 spiro atoms. The van der Waals surface area contributed by atoms with Crippen LogP contribution >= 0.6 is 15.9 Å². The van der Waals surface area contributed by atoms with Gasteiger partial charge in [-0.2, -0.15) is 0 Å². The molecule has 0 amide bonds. The van der Waals surface area contributed by atoms with Crippen molar-refractivity contribution in [3.63, 3.8) is 0 Å². The van der Waals surface area contributed by atoms with Gasteiger partial charge in [-0.15, -0.1) is 0 Å². The van der Waals surface area contributed by atoms with Gasteiger partial charge in [0.1, 0.15) is 0 Å². The van der Waals surface area contributed by atoms with E-state index in [4.69, 9.17) is 0 Å². The normalized spacial score (nSPS) is 9.83. The molecule has 0 aliphatic rings. The van der Waals surface area contributed by atoms with Gasteiger partial charge in [0, 0.05) is 0 Å². The van der Waals surface area contributed by atoms with Gasteiger partial charge in [0.15, 0.2) is 0 Å². The number of hydrogen-bond acceptors (Lipinski definition) is 0. The number of allylic oxidation sites excluding steroid dienone is 1. The van der Waals surface area contributed by atoms with Crippen LogP contribution < -0.4 is 0 Å². The molecule has 0 bridgehead atoms. The zero-order valence-corrected chi connectivity index (χ0v) is 8.89. The summed E-state index contributed by atoms with van der Waals surface area (Å²) in [4.78, 5) is 0. The van der Waals surface area contributed by atoms with Gasteiger partial charge in [-0.1, -0.05) is 46.8 Å². The van der Waals surface area contributed by atoms with Crippen molar-refractivity contribution in [2.24, 2.45) is 0 Å². The Kier molecular flexibility index (Phi) is 3.54. The predicted molar refractivity (Wildman–Crippen MR) is 57.6 cm³/mol. The fourth-order valence-corrected chi connectivity index (χ4v) is 1.36. The van der Waals surface area contributed by atoms with E-state index in [1.54, 1.807) is 0 Å². The molecule has 0 N–H and O–H groups in total. The summed E-state index contributed by atoms with van der Waals surface area (Å²) in [5.74, 6) is 0. The summed E-state index contributed by atoms with van der Waals surface area (Å²) in [6.45, 7) is 5.96. The Morgan fingerprint density at radius 2 is 2.08 bits per heavy atom. The van der Waals surface area contributed by atoms with E-state index in [1.165, 1.54) is 11.1 Å². The number of aryl methyl sites for hydroxylation is 2. The molecule has 1 rings (SSSR count). The van der Waals surface area contributed by atoms with E-state index in [-0.39, 0.29) is 0 Å². The monoisotopic (exact) mass is 224 g/mol. The molecule has 0 aromatic heterocycles. The molecule has 1 aromatic carbocycles. The molecule has 0 atom stereocenters. The third-order valence-corrected chi connectivity index (χ3v) is 2.32. The lowest BCUT2D eigenvalue weighted by molar-refractivity contribution is 0.982. The van der Waals surface area contributed by atoms with Crippen LogP contribution in [-0.4, -0.2) is 0 Å². The highest BCUT2D eigenvalue weighted by Crippen LogP contribution is 2.14. The van der Waals surface area contributed by atoms with Gasteiger partial charge < -0.3 is 0 Å². The molecule has 0 saturated carbocycles. The van der Waals surface area contributed by atoms with Crippen LogP contribution in [0.3, 0.4) is 0 Å². The second-order valence-corrected chi connectivity index (χ2v) is 4.07. The van der Waals surface area contributed by atoms with Crippen molar-refractivity contribution in [3.05, 3.63) is 46.5 Å². The molecule has 0 nitrogen and oxygen atoms in total. The number of hydrogen-bond donors (Lipinski definition) is 0. The average Bonchev–Trinajstić information content (AvgIpc) is 2.03. The average molecular weight is 225 g/mol. The van der Waals surface area contributed by atoms with Crippen molar-refractivity contribution < 1.29 is 0 Å². The highest BCUT2D eigenvalue weighted by molar-refractivity contribution is 9.11. The van der Waals surface area contributed by atoms with E-state index in [9.17, 15) is 0 Å². The quantitative estimate of drug-likeness (QED) is 0.733. The Balaban J connectivity index is 2.63. The van der Waals surface area contributed by atoms with Gasteiger partial charge >= 0.3 is 0 Å². The van der Waals surface area contributed by atoms with Gasteiger partial charge in [-0.25, -0.2) is 0 Å². The molecule has 64 valence electrons. The number of benzene rings is 1. The van der Waals surface area contributed by atoms with Crippen LogP contribution in [0.4, 0.5) is 0 Å². The van der Waals surface area contributed by atoms with Crippen LogP contribution in [0.15, 0.2) is 35.3 Å². The Morgan fingerprint density at radius 1 is 1.42 bits per heavy atom. The predicted octanol–water partition coefficient (Wildman–Crippen LogP) is 3.84. The van der Waals surface area contributed by atoms with Crippen molar-refractivity contribution in [1.29, 1.82) is 0 Å². The van der Waals surface area contributed by atoms with Gasteiger partial charge in [-0.3, -0.25) is 0 Å². The zero-order chi connectivity index (χ0) is 8.97. The lowest BCUT2D eigenvalue weighted by Crippen LogP contribution is -1.88. The molecule has 0 saturated heterocycles. The van der Waals surface area contributed by atoms with Crippen LogP contribution in [0.1, 0.15) is 17.5 Å². The van der Waals surface area contributed by atoms with E-state index >= 15 is 0 Å². The summed E-state index contributed by atoms with van der Waals surface area (Å²) in [6.07, 6.45) is 2.10. The maximum atomic E-state index is 3.82. The van der Waals surface area contributed by atoms with Crippen LogP contribution in [0.2, 0.25) is 0 Å². The summed E-state index contributed by atoms with van der Waals surface area (Å²) in [7, 11) is 0. The fraction of sp³-hybridized carbons (Fsp3) is 0.273. The Bertz CT molecular complexity index is 276. The standard InChI is InChI=1S/C11H13Br/c1-9-5-3-4-6-11(9)8-7-10(2)12/h3-6H,2,7-8H2,1H3. The summed E-state index contributed by atoms with van der Waals surface area (Å²) >= 11 is 3.36. The molecule has 0 aliphatic carbocycles. The molecule has 1 aromatic rings. The minimum absolute atomic E-state index is 1.02. The lowest BCUT2D eigenvalue weighted by Gasteiger charge is -2.03. The minimum atomic E-state index is 1.02. The molecular weight excluding hydrogens is 212 g/mol. The van der Waals surface area contributed by atoms with Crippen molar-refractivity contribution in [2.45, 2.75) is 19.8 Å². The minimum Gasteiger partial charge on any atom is -0.0888 e. The fourth-order valence-electron chi connectivity index (χ4n) is 1.16. The first kappa shape index (κ1) is 9.53. The van der Waals surface area contributed by atoms with E-state index in [0.29, 0.717) is 0 Å².